The summed E-state index contributed by atoms with van der Waals surface area (Å²) in [7, 11) is 1.35. The molecule has 1 rings (SSSR count). The van der Waals surface area contributed by atoms with Crippen LogP contribution in [0.2, 0.25) is 0 Å². The molecule has 0 aliphatic heterocycles. The van der Waals surface area contributed by atoms with E-state index in [1.54, 1.807) is 19.1 Å². The van der Waals surface area contributed by atoms with Crippen LogP contribution >= 0.6 is 0 Å². The molecule has 20 heavy (non-hydrogen) atoms. The molecule has 108 valence electrons. The molecule has 1 heterocycles. The maximum atomic E-state index is 11.5. The third kappa shape index (κ3) is 4.23. The van der Waals surface area contributed by atoms with Gasteiger partial charge in [0.1, 0.15) is 5.82 Å². The van der Waals surface area contributed by atoms with Gasteiger partial charge in [-0.1, -0.05) is 13.8 Å². The molecule has 0 unspecified atom stereocenters. The average molecular weight is 275 g/mol. The molecule has 0 spiro atoms. The number of carbonyl (C=O) groups is 1. The summed E-state index contributed by atoms with van der Waals surface area (Å²) in [6.45, 7) is 7.49. The maximum absolute atomic E-state index is 11.5. The van der Waals surface area contributed by atoms with Crippen molar-refractivity contribution >= 4 is 11.8 Å². The molecule has 0 saturated carbocycles. The SMILES string of the molecule is COC(=O)c1ccc(N(CCC#N)CC(C)C)nc1C. The highest BCUT2D eigenvalue weighted by atomic mass is 16.5. The normalized spacial score (nSPS) is 10.2. The Kier molecular flexibility index (Phi) is 5.98. The van der Waals surface area contributed by atoms with Gasteiger partial charge < -0.3 is 9.64 Å². The number of hydrogen-bond acceptors (Lipinski definition) is 5. The molecule has 0 amide bonds. The molecule has 5 heteroatoms. The fourth-order valence-corrected chi connectivity index (χ4v) is 1.97. The molecule has 1 aromatic heterocycles. The number of carbonyl (C=O) groups excluding carboxylic acids is 1. The Morgan fingerprint density at radius 3 is 2.70 bits per heavy atom. The van der Waals surface area contributed by atoms with Crippen LogP contribution in [-0.2, 0) is 4.74 Å². The summed E-state index contributed by atoms with van der Waals surface area (Å²) >= 11 is 0. The zero-order valence-electron chi connectivity index (χ0n) is 12.5. The van der Waals surface area contributed by atoms with E-state index in [2.05, 4.69) is 29.8 Å². The van der Waals surface area contributed by atoms with Crippen molar-refractivity contribution in [2.24, 2.45) is 5.92 Å². The Morgan fingerprint density at radius 2 is 2.20 bits per heavy atom. The predicted octanol–water partition coefficient (Wildman–Crippen LogP) is 2.55. The summed E-state index contributed by atoms with van der Waals surface area (Å²) in [5.74, 6) is 0.879. The van der Waals surface area contributed by atoms with Crippen molar-refractivity contribution in [3.05, 3.63) is 23.4 Å². The summed E-state index contributed by atoms with van der Waals surface area (Å²) in [5.41, 5.74) is 1.11. The van der Waals surface area contributed by atoms with Crippen molar-refractivity contribution in [1.29, 1.82) is 5.26 Å². The first-order chi connectivity index (χ1) is 9.49. The van der Waals surface area contributed by atoms with Gasteiger partial charge >= 0.3 is 5.97 Å². The van der Waals surface area contributed by atoms with E-state index in [9.17, 15) is 4.79 Å². The standard InChI is InChI=1S/C15H21N3O2/c1-11(2)10-18(9-5-8-16)14-7-6-13(12(3)17-14)15(19)20-4/h6-7,11H,5,9-10H2,1-4H3. The van der Waals surface area contributed by atoms with Crippen molar-refractivity contribution in [2.45, 2.75) is 27.2 Å². The summed E-state index contributed by atoms with van der Waals surface area (Å²) in [6, 6.07) is 5.68. The second-order valence-electron chi connectivity index (χ2n) is 5.04. The second-order valence-corrected chi connectivity index (χ2v) is 5.04. The molecule has 0 radical (unpaired) electrons. The quantitative estimate of drug-likeness (QED) is 0.746. The molecule has 0 aliphatic rings. The fraction of sp³-hybridized carbons (Fsp3) is 0.533. The van der Waals surface area contributed by atoms with E-state index in [0.29, 0.717) is 30.1 Å². The number of aromatic nitrogens is 1. The lowest BCUT2D eigenvalue weighted by molar-refractivity contribution is 0.0599. The van der Waals surface area contributed by atoms with E-state index in [0.717, 1.165) is 12.4 Å². The number of nitriles is 1. The summed E-state index contributed by atoms with van der Waals surface area (Å²) in [6.07, 6.45) is 0.451. The Bertz CT molecular complexity index is 506. The minimum Gasteiger partial charge on any atom is -0.465 e. The number of ether oxygens (including phenoxy) is 1. The molecule has 0 atom stereocenters. The zero-order chi connectivity index (χ0) is 15.1. The van der Waals surface area contributed by atoms with Crippen LogP contribution in [0.5, 0.6) is 0 Å². The molecule has 0 aromatic carbocycles. The predicted molar refractivity (Wildman–Crippen MR) is 77.6 cm³/mol. The minimum absolute atomic E-state index is 0.381. The lowest BCUT2D eigenvalue weighted by Gasteiger charge is -2.25. The number of rotatable bonds is 6. The first-order valence-electron chi connectivity index (χ1n) is 6.67. The minimum atomic E-state index is -0.381. The van der Waals surface area contributed by atoms with Gasteiger partial charge in [-0.3, -0.25) is 0 Å². The maximum Gasteiger partial charge on any atom is 0.339 e. The van der Waals surface area contributed by atoms with Gasteiger partial charge in [0.2, 0.25) is 0 Å². The molecule has 0 bridgehead atoms. The molecule has 0 aliphatic carbocycles. The number of nitrogens with zero attached hydrogens (tertiary/aromatic N) is 3. The van der Waals surface area contributed by atoms with Gasteiger partial charge in [0, 0.05) is 13.1 Å². The summed E-state index contributed by atoms with van der Waals surface area (Å²) in [5, 5.41) is 8.74. The highest BCUT2D eigenvalue weighted by Gasteiger charge is 2.14. The fourth-order valence-electron chi connectivity index (χ4n) is 1.97. The molecule has 5 nitrogen and oxygen atoms in total. The Balaban J connectivity index is 3.00. The van der Waals surface area contributed by atoms with Crippen LogP contribution in [-0.4, -0.2) is 31.2 Å². The van der Waals surface area contributed by atoms with Crippen LogP contribution in [0.3, 0.4) is 0 Å². The highest BCUT2D eigenvalue weighted by molar-refractivity contribution is 5.90. The van der Waals surface area contributed by atoms with Gasteiger partial charge in [-0.2, -0.15) is 5.26 Å². The van der Waals surface area contributed by atoms with Crippen molar-refractivity contribution in [3.8, 4) is 6.07 Å². The molecule has 1 aromatic rings. The first kappa shape index (κ1) is 16.0. The summed E-state index contributed by atoms with van der Waals surface area (Å²) < 4.78 is 4.71. The van der Waals surface area contributed by atoms with E-state index in [4.69, 9.17) is 10.00 Å². The number of anilines is 1. The van der Waals surface area contributed by atoms with Crippen LogP contribution in [0.4, 0.5) is 5.82 Å². The topological polar surface area (TPSA) is 66.2 Å². The number of methoxy groups -OCH3 is 1. The van der Waals surface area contributed by atoms with Crippen molar-refractivity contribution in [1.82, 2.24) is 4.98 Å². The number of hydrogen-bond donors (Lipinski definition) is 0. The van der Waals surface area contributed by atoms with Crippen LogP contribution in [0, 0.1) is 24.2 Å². The zero-order valence-corrected chi connectivity index (χ0v) is 12.5. The lowest BCUT2D eigenvalue weighted by atomic mass is 10.1. The van der Waals surface area contributed by atoms with Gasteiger partial charge in [-0.25, -0.2) is 9.78 Å². The van der Waals surface area contributed by atoms with Gasteiger partial charge in [0.05, 0.1) is 30.9 Å². The molecule has 0 saturated heterocycles. The molecular formula is C15H21N3O2. The molecular weight excluding hydrogens is 254 g/mol. The van der Waals surface area contributed by atoms with E-state index >= 15 is 0 Å². The van der Waals surface area contributed by atoms with Crippen LogP contribution < -0.4 is 4.90 Å². The van der Waals surface area contributed by atoms with Crippen molar-refractivity contribution < 1.29 is 9.53 Å². The molecule has 0 N–H and O–H groups in total. The number of esters is 1. The largest absolute Gasteiger partial charge is 0.465 e. The first-order valence-corrected chi connectivity index (χ1v) is 6.67. The number of pyridine rings is 1. The van der Waals surface area contributed by atoms with E-state index < -0.39 is 0 Å². The molecule has 0 fully saturated rings. The van der Waals surface area contributed by atoms with Gasteiger partial charge in [-0.15, -0.1) is 0 Å². The average Bonchev–Trinajstić information content (AvgIpc) is 2.42. The smallest absolute Gasteiger partial charge is 0.339 e. The summed E-state index contributed by atoms with van der Waals surface area (Å²) in [4.78, 5) is 18.1. The second kappa shape index (κ2) is 7.49. The van der Waals surface area contributed by atoms with E-state index in [1.165, 1.54) is 7.11 Å². The van der Waals surface area contributed by atoms with Crippen LogP contribution in [0.25, 0.3) is 0 Å². The number of aryl methyl sites for hydroxylation is 1. The van der Waals surface area contributed by atoms with Crippen LogP contribution in [0.15, 0.2) is 12.1 Å². The lowest BCUT2D eigenvalue weighted by Crippen LogP contribution is -2.29. The van der Waals surface area contributed by atoms with Gasteiger partial charge in [0.15, 0.2) is 0 Å². The van der Waals surface area contributed by atoms with Crippen LogP contribution in [0.1, 0.15) is 36.3 Å². The van der Waals surface area contributed by atoms with E-state index in [1.807, 2.05) is 0 Å². The van der Waals surface area contributed by atoms with Crippen molar-refractivity contribution in [2.75, 3.05) is 25.1 Å². The highest BCUT2D eigenvalue weighted by Crippen LogP contribution is 2.17. The van der Waals surface area contributed by atoms with Gasteiger partial charge in [0.25, 0.3) is 0 Å². The monoisotopic (exact) mass is 275 g/mol. The van der Waals surface area contributed by atoms with Crippen molar-refractivity contribution in [3.63, 3.8) is 0 Å². The third-order valence-electron chi connectivity index (χ3n) is 2.88. The van der Waals surface area contributed by atoms with E-state index in [-0.39, 0.29) is 5.97 Å². The Hall–Kier alpha value is -2.09. The Labute approximate surface area is 120 Å². The third-order valence-corrected chi connectivity index (χ3v) is 2.88. The Morgan fingerprint density at radius 1 is 1.50 bits per heavy atom. The van der Waals surface area contributed by atoms with Gasteiger partial charge in [-0.05, 0) is 25.0 Å².